The van der Waals surface area contributed by atoms with Gasteiger partial charge in [0.1, 0.15) is 22.0 Å². The molecule has 0 aromatic carbocycles. The molecular formula is C20H24FN7OS. The van der Waals surface area contributed by atoms with Gasteiger partial charge in [-0.1, -0.05) is 25.0 Å². The second kappa shape index (κ2) is 8.57. The molecule has 0 bridgehead atoms. The van der Waals surface area contributed by atoms with Crippen LogP contribution in [0.3, 0.4) is 0 Å². The van der Waals surface area contributed by atoms with E-state index in [1.807, 2.05) is 13.0 Å². The summed E-state index contributed by atoms with van der Waals surface area (Å²) in [6.45, 7) is -4.02. The van der Waals surface area contributed by atoms with E-state index in [4.69, 9.17) is 8.22 Å². The first-order valence-electron chi connectivity index (χ1n) is 12.3. The van der Waals surface area contributed by atoms with Crippen LogP contribution in [0.5, 0.6) is 0 Å². The summed E-state index contributed by atoms with van der Waals surface area (Å²) in [7, 11) is 0. The molecule has 0 unspecified atom stereocenters. The number of piperidine rings is 1. The molecule has 1 fully saturated rings. The van der Waals surface area contributed by atoms with Gasteiger partial charge < -0.3 is 10.2 Å². The fraction of sp³-hybridized carbons (Fsp3) is 0.450. The minimum Gasteiger partial charge on any atom is -0.321 e. The number of rotatable bonds is 4. The number of anilines is 1. The van der Waals surface area contributed by atoms with E-state index < -0.39 is 38.0 Å². The van der Waals surface area contributed by atoms with Crippen molar-refractivity contribution < 1.29 is 17.4 Å². The van der Waals surface area contributed by atoms with Crippen molar-refractivity contribution in [1.82, 2.24) is 30.4 Å². The zero-order valence-electron chi connectivity index (χ0n) is 22.1. The largest absolute Gasteiger partial charge is 0.323 e. The first kappa shape index (κ1) is 14.3. The van der Waals surface area contributed by atoms with Crippen LogP contribution in [0.4, 0.5) is 15.0 Å². The fourth-order valence-electron chi connectivity index (χ4n) is 3.31. The molecule has 8 nitrogen and oxygen atoms in total. The Bertz CT molecular complexity index is 1240. The molecular weight excluding hydrogens is 405 g/mol. The Kier molecular flexibility index (Phi) is 4.09. The number of alkyl halides is 1. The van der Waals surface area contributed by atoms with Gasteiger partial charge in [0, 0.05) is 44.0 Å². The predicted octanol–water partition coefficient (Wildman–Crippen LogP) is 3.40. The Morgan fingerprint density at radius 1 is 1.33 bits per heavy atom. The first-order chi connectivity index (χ1) is 16.8. The van der Waals surface area contributed by atoms with Crippen molar-refractivity contribution in [2.75, 3.05) is 18.4 Å². The normalized spacial score (nSPS) is 23.2. The summed E-state index contributed by atoms with van der Waals surface area (Å²) in [6, 6.07) is 0.0664. The molecule has 10 heteroatoms. The SMILES string of the molecule is [2H]C([2H])([2H])C(N[C@H]1CCN(C(=O)Nc2cc3cc(-c4nnc(C)s4)cnc3cn2)C[C@@H]1F)C([2H])([2H])[2H]. The number of urea groups is 1. The molecule has 1 aliphatic rings. The van der Waals surface area contributed by atoms with Crippen LogP contribution >= 0.6 is 11.3 Å². The number of aryl methyl sites for hydroxylation is 1. The van der Waals surface area contributed by atoms with Gasteiger partial charge >= 0.3 is 6.03 Å². The van der Waals surface area contributed by atoms with Crippen molar-refractivity contribution in [1.29, 1.82) is 0 Å². The molecule has 158 valence electrons. The first-order valence-corrected chi connectivity index (χ1v) is 10.2. The number of halogens is 1. The van der Waals surface area contributed by atoms with Crippen LogP contribution in [0.1, 0.15) is 33.4 Å². The summed E-state index contributed by atoms with van der Waals surface area (Å²) in [5.41, 5.74) is 1.39. The summed E-state index contributed by atoms with van der Waals surface area (Å²) < 4.78 is 59.7. The Morgan fingerprint density at radius 3 is 2.93 bits per heavy atom. The van der Waals surface area contributed by atoms with E-state index >= 15 is 0 Å². The number of hydrogen-bond acceptors (Lipinski definition) is 7. The summed E-state index contributed by atoms with van der Waals surface area (Å²) >= 11 is 1.43. The lowest BCUT2D eigenvalue weighted by molar-refractivity contribution is 0.119. The third-order valence-corrected chi connectivity index (χ3v) is 5.67. The number of fused-ring (bicyclic) bond motifs is 1. The highest BCUT2D eigenvalue weighted by atomic mass is 32.1. The molecule has 1 aliphatic heterocycles. The molecule has 30 heavy (non-hydrogen) atoms. The van der Waals surface area contributed by atoms with E-state index in [2.05, 4.69) is 30.8 Å². The van der Waals surface area contributed by atoms with Crippen molar-refractivity contribution >= 4 is 34.1 Å². The highest BCUT2D eigenvalue weighted by molar-refractivity contribution is 7.14. The summed E-state index contributed by atoms with van der Waals surface area (Å²) in [5.74, 6) is 0.250. The van der Waals surface area contributed by atoms with E-state index in [9.17, 15) is 9.18 Å². The second-order valence-electron chi connectivity index (χ2n) is 7.00. The lowest BCUT2D eigenvalue weighted by atomic mass is 10.0. The zero-order chi connectivity index (χ0) is 26.3. The van der Waals surface area contributed by atoms with E-state index in [-0.39, 0.29) is 25.3 Å². The molecule has 2 amide bonds. The van der Waals surface area contributed by atoms with Gasteiger partial charge in [-0.3, -0.25) is 10.3 Å². The van der Waals surface area contributed by atoms with Crippen LogP contribution in [0.2, 0.25) is 0 Å². The summed E-state index contributed by atoms with van der Waals surface area (Å²) in [5, 5.41) is 15.5. The maximum Gasteiger partial charge on any atom is 0.323 e. The average molecular weight is 436 g/mol. The number of nitrogens with zero attached hydrogens (tertiary/aromatic N) is 5. The van der Waals surface area contributed by atoms with Crippen LogP contribution in [0, 0.1) is 6.92 Å². The molecule has 3 aromatic rings. The van der Waals surface area contributed by atoms with Gasteiger partial charge in [0.2, 0.25) is 0 Å². The highest BCUT2D eigenvalue weighted by Crippen LogP contribution is 2.26. The van der Waals surface area contributed by atoms with Crippen molar-refractivity contribution in [2.45, 2.75) is 45.3 Å². The summed E-state index contributed by atoms with van der Waals surface area (Å²) in [4.78, 5) is 22.6. The molecule has 3 aromatic heterocycles. The van der Waals surface area contributed by atoms with Crippen molar-refractivity contribution in [3.63, 3.8) is 0 Å². The quantitative estimate of drug-likeness (QED) is 0.652. The van der Waals surface area contributed by atoms with Gasteiger partial charge in [-0.05, 0) is 25.5 Å². The minimum atomic E-state index is -2.83. The Hall–Kier alpha value is -2.72. The maximum atomic E-state index is 14.9. The van der Waals surface area contributed by atoms with E-state index in [0.717, 1.165) is 16.0 Å². The number of carbonyl (C=O) groups is 1. The highest BCUT2D eigenvalue weighted by Gasteiger charge is 2.31. The fourth-order valence-corrected chi connectivity index (χ4v) is 3.98. The Labute approximate surface area is 186 Å². The van der Waals surface area contributed by atoms with E-state index in [1.165, 1.54) is 22.4 Å². The number of nitrogens with one attached hydrogen (secondary N) is 2. The van der Waals surface area contributed by atoms with Crippen molar-refractivity contribution in [3.8, 4) is 10.6 Å². The van der Waals surface area contributed by atoms with Crippen LogP contribution in [0.25, 0.3) is 21.5 Å². The lowest BCUT2D eigenvalue weighted by Gasteiger charge is -2.35. The number of likely N-dealkylation sites (tertiary alicyclic amines) is 1. The number of aromatic nitrogens is 4. The van der Waals surface area contributed by atoms with Crippen molar-refractivity contribution in [2.24, 2.45) is 0 Å². The zero-order valence-corrected chi connectivity index (χ0v) is 16.9. The van der Waals surface area contributed by atoms with Gasteiger partial charge in [-0.25, -0.2) is 14.2 Å². The van der Waals surface area contributed by atoms with Crippen LogP contribution in [-0.4, -0.2) is 62.4 Å². The van der Waals surface area contributed by atoms with Crippen LogP contribution in [0.15, 0.2) is 24.5 Å². The molecule has 4 rings (SSSR count). The van der Waals surface area contributed by atoms with Gasteiger partial charge in [0.25, 0.3) is 0 Å². The number of carbonyl (C=O) groups excluding carboxylic acids is 1. The monoisotopic (exact) mass is 435 g/mol. The number of amides is 2. The minimum absolute atomic E-state index is 0.0525. The third kappa shape index (κ3) is 4.54. The van der Waals surface area contributed by atoms with E-state index in [0.29, 0.717) is 10.5 Å². The van der Waals surface area contributed by atoms with E-state index in [1.54, 1.807) is 12.3 Å². The van der Waals surface area contributed by atoms with Gasteiger partial charge in [-0.2, -0.15) is 0 Å². The average Bonchev–Trinajstić information content (AvgIpc) is 3.22. The third-order valence-electron chi connectivity index (χ3n) is 4.78. The maximum absolute atomic E-state index is 14.9. The topological polar surface area (TPSA) is 95.9 Å². The van der Waals surface area contributed by atoms with Crippen LogP contribution in [-0.2, 0) is 0 Å². The van der Waals surface area contributed by atoms with Gasteiger partial charge in [0.05, 0.1) is 18.3 Å². The summed E-state index contributed by atoms with van der Waals surface area (Å²) in [6.07, 6.45) is 1.59. The van der Waals surface area contributed by atoms with Crippen molar-refractivity contribution in [3.05, 3.63) is 29.5 Å². The Balaban J connectivity index is 1.41. The van der Waals surface area contributed by atoms with Crippen LogP contribution < -0.4 is 10.6 Å². The number of pyridine rings is 2. The standard InChI is InChI=1S/C20H24FN7OS/c1-11(2)24-16-4-5-28(10-15(16)21)20(29)25-18-7-13-6-14(8-22-17(13)9-23-18)19-27-26-12(3)30-19/h6-9,11,15-16,24H,4-5,10H2,1-3H3,(H,23,25,29)/t15-,16-/m0/s1/i1D3,2D3. The molecule has 2 N–H and O–H groups in total. The molecule has 0 radical (unpaired) electrons. The second-order valence-corrected chi connectivity index (χ2v) is 8.18. The molecule has 4 heterocycles. The molecule has 0 saturated carbocycles. The molecule has 0 aliphatic carbocycles. The molecule has 1 saturated heterocycles. The van der Waals surface area contributed by atoms with Gasteiger partial charge in [0.15, 0.2) is 0 Å². The smallest absolute Gasteiger partial charge is 0.321 e. The number of hydrogen-bond donors (Lipinski definition) is 2. The van der Waals surface area contributed by atoms with Gasteiger partial charge in [-0.15, -0.1) is 10.2 Å². The molecule has 2 atom stereocenters. The predicted molar refractivity (Wildman–Crippen MR) is 115 cm³/mol. The Morgan fingerprint density at radius 2 is 2.20 bits per heavy atom. The molecule has 0 spiro atoms. The lowest BCUT2D eigenvalue weighted by Crippen LogP contribution is -2.54.